The van der Waals surface area contributed by atoms with Gasteiger partial charge in [-0.25, -0.2) is 0 Å². The highest BCUT2D eigenvalue weighted by atomic mass is 16.5. The molecule has 0 radical (unpaired) electrons. The summed E-state index contributed by atoms with van der Waals surface area (Å²) in [5, 5.41) is 2.65. The summed E-state index contributed by atoms with van der Waals surface area (Å²) in [5.74, 6) is -0.0965. The number of hydrogen-bond acceptors (Lipinski definition) is 3. The quantitative estimate of drug-likeness (QED) is 0.552. The standard InChI is InChI=1S/C8H18N2O2/c1-3-4-12-6-8(11)10-5-7(2)9/h7H,3-6,9H2,1-2H3,(H,10,11). The Morgan fingerprint density at radius 1 is 1.67 bits per heavy atom. The molecule has 0 fully saturated rings. The molecule has 0 aliphatic heterocycles. The number of amides is 1. The first kappa shape index (κ1) is 11.4. The lowest BCUT2D eigenvalue weighted by Gasteiger charge is -2.07. The number of nitrogens with two attached hydrogens (primary N) is 1. The zero-order valence-corrected chi connectivity index (χ0v) is 7.80. The van der Waals surface area contributed by atoms with E-state index in [1.807, 2.05) is 13.8 Å². The van der Waals surface area contributed by atoms with Crippen LogP contribution in [0.25, 0.3) is 0 Å². The number of hydrogen-bond donors (Lipinski definition) is 2. The molecule has 0 aromatic heterocycles. The maximum absolute atomic E-state index is 10.9. The van der Waals surface area contributed by atoms with Crippen molar-refractivity contribution in [2.75, 3.05) is 19.8 Å². The largest absolute Gasteiger partial charge is 0.372 e. The van der Waals surface area contributed by atoms with Crippen LogP contribution < -0.4 is 11.1 Å². The highest BCUT2D eigenvalue weighted by molar-refractivity contribution is 5.77. The summed E-state index contributed by atoms with van der Waals surface area (Å²) >= 11 is 0. The molecule has 3 N–H and O–H groups in total. The Kier molecular flexibility index (Phi) is 6.70. The van der Waals surface area contributed by atoms with Gasteiger partial charge in [0, 0.05) is 19.2 Å². The van der Waals surface area contributed by atoms with Gasteiger partial charge in [0.25, 0.3) is 0 Å². The first-order valence-electron chi connectivity index (χ1n) is 4.26. The minimum atomic E-state index is -0.0965. The Balaban J connectivity index is 3.22. The fraction of sp³-hybridized carbons (Fsp3) is 0.875. The van der Waals surface area contributed by atoms with Gasteiger partial charge in [0.05, 0.1) is 0 Å². The van der Waals surface area contributed by atoms with Gasteiger partial charge in [0.1, 0.15) is 6.61 Å². The van der Waals surface area contributed by atoms with Crippen LogP contribution >= 0.6 is 0 Å². The Hall–Kier alpha value is -0.610. The van der Waals surface area contributed by atoms with E-state index in [-0.39, 0.29) is 18.6 Å². The van der Waals surface area contributed by atoms with Crippen molar-refractivity contribution in [3.05, 3.63) is 0 Å². The van der Waals surface area contributed by atoms with Gasteiger partial charge in [0.15, 0.2) is 0 Å². The van der Waals surface area contributed by atoms with Crippen molar-refractivity contribution in [1.29, 1.82) is 0 Å². The molecule has 0 aliphatic rings. The van der Waals surface area contributed by atoms with Crippen LogP contribution in [0.1, 0.15) is 20.3 Å². The van der Waals surface area contributed by atoms with E-state index in [0.29, 0.717) is 13.2 Å². The SMILES string of the molecule is CCCOCC(=O)NCC(C)N. The molecule has 0 bridgehead atoms. The van der Waals surface area contributed by atoms with Crippen molar-refractivity contribution in [3.63, 3.8) is 0 Å². The lowest BCUT2D eigenvalue weighted by atomic mass is 10.3. The molecule has 12 heavy (non-hydrogen) atoms. The Morgan fingerprint density at radius 3 is 2.83 bits per heavy atom. The molecule has 0 spiro atoms. The third-order valence-corrected chi connectivity index (χ3v) is 1.20. The topological polar surface area (TPSA) is 64.3 Å². The molecule has 1 amide bonds. The number of rotatable bonds is 6. The lowest BCUT2D eigenvalue weighted by Crippen LogP contribution is -2.37. The molecule has 4 nitrogen and oxygen atoms in total. The van der Waals surface area contributed by atoms with Gasteiger partial charge in [-0.3, -0.25) is 4.79 Å². The molecular weight excluding hydrogens is 156 g/mol. The summed E-state index contributed by atoms with van der Waals surface area (Å²) < 4.78 is 5.02. The van der Waals surface area contributed by atoms with Gasteiger partial charge >= 0.3 is 0 Å². The highest BCUT2D eigenvalue weighted by Gasteiger charge is 2.00. The van der Waals surface area contributed by atoms with Crippen LogP contribution in [0.3, 0.4) is 0 Å². The maximum atomic E-state index is 10.9. The molecular formula is C8H18N2O2. The Bertz CT molecular complexity index is 126. The van der Waals surface area contributed by atoms with E-state index in [0.717, 1.165) is 6.42 Å². The van der Waals surface area contributed by atoms with Crippen LogP contribution in [0, 0.1) is 0 Å². The van der Waals surface area contributed by atoms with Crippen LogP contribution in [-0.4, -0.2) is 31.7 Å². The smallest absolute Gasteiger partial charge is 0.246 e. The number of nitrogens with one attached hydrogen (secondary N) is 1. The molecule has 0 rings (SSSR count). The van der Waals surface area contributed by atoms with Gasteiger partial charge in [-0.2, -0.15) is 0 Å². The van der Waals surface area contributed by atoms with E-state index < -0.39 is 0 Å². The lowest BCUT2D eigenvalue weighted by molar-refractivity contribution is -0.125. The molecule has 1 unspecified atom stereocenters. The van der Waals surface area contributed by atoms with E-state index in [4.69, 9.17) is 10.5 Å². The average molecular weight is 174 g/mol. The normalized spacial score (nSPS) is 12.6. The van der Waals surface area contributed by atoms with Crippen LogP contribution in [0.2, 0.25) is 0 Å². The van der Waals surface area contributed by atoms with Crippen LogP contribution in [0.4, 0.5) is 0 Å². The molecule has 0 aromatic carbocycles. The zero-order valence-electron chi connectivity index (χ0n) is 7.80. The second kappa shape index (κ2) is 7.06. The van der Waals surface area contributed by atoms with Crippen molar-refractivity contribution < 1.29 is 9.53 Å². The molecule has 72 valence electrons. The minimum Gasteiger partial charge on any atom is -0.372 e. The maximum Gasteiger partial charge on any atom is 0.246 e. The van der Waals surface area contributed by atoms with Gasteiger partial charge < -0.3 is 15.8 Å². The van der Waals surface area contributed by atoms with Gasteiger partial charge in [-0.1, -0.05) is 6.92 Å². The monoisotopic (exact) mass is 174 g/mol. The molecule has 0 aliphatic carbocycles. The van der Waals surface area contributed by atoms with Gasteiger partial charge in [-0.15, -0.1) is 0 Å². The summed E-state index contributed by atoms with van der Waals surface area (Å²) in [6, 6.07) is 0.000116. The molecule has 4 heteroatoms. The molecule has 0 aromatic rings. The van der Waals surface area contributed by atoms with E-state index in [1.165, 1.54) is 0 Å². The third kappa shape index (κ3) is 7.50. The van der Waals surface area contributed by atoms with Crippen molar-refractivity contribution in [2.24, 2.45) is 5.73 Å². The molecule has 0 saturated carbocycles. The van der Waals surface area contributed by atoms with Gasteiger partial charge in [0.2, 0.25) is 5.91 Å². The first-order valence-corrected chi connectivity index (χ1v) is 4.26. The predicted molar refractivity (Wildman–Crippen MR) is 47.8 cm³/mol. The van der Waals surface area contributed by atoms with Crippen molar-refractivity contribution >= 4 is 5.91 Å². The minimum absolute atomic E-state index is 0.000116. The van der Waals surface area contributed by atoms with Crippen LogP contribution in [0.15, 0.2) is 0 Å². The summed E-state index contributed by atoms with van der Waals surface area (Å²) in [7, 11) is 0. The fourth-order valence-corrected chi connectivity index (χ4v) is 0.635. The van der Waals surface area contributed by atoms with Crippen molar-refractivity contribution in [3.8, 4) is 0 Å². The van der Waals surface area contributed by atoms with Gasteiger partial charge in [-0.05, 0) is 13.3 Å². The predicted octanol–water partition coefficient (Wildman–Crippen LogP) is -0.124. The van der Waals surface area contributed by atoms with Crippen LogP contribution in [0.5, 0.6) is 0 Å². The summed E-state index contributed by atoms with van der Waals surface area (Å²) in [6.07, 6.45) is 0.931. The molecule has 0 heterocycles. The van der Waals surface area contributed by atoms with Crippen molar-refractivity contribution in [2.45, 2.75) is 26.3 Å². The Morgan fingerprint density at radius 2 is 2.33 bits per heavy atom. The average Bonchev–Trinajstić information content (AvgIpc) is 2.01. The first-order chi connectivity index (χ1) is 5.66. The number of carbonyl (C=O) groups is 1. The van der Waals surface area contributed by atoms with E-state index in [1.54, 1.807) is 0 Å². The van der Waals surface area contributed by atoms with Crippen LogP contribution in [-0.2, 0) is 9.53 Å². The van der Waals surface area contributed by atoms with Crippen molar-refractivity contribution in [1.82, 2.24) is 5.32 Å². The number of ether oxygens (including phenoxy) is 1. The van der Waals surface area contributed by atoms with E-state index in [2.05, 4.69) is 5.32 Å². The Labute approximate surface area is 73.5 Å². The van der Waals surface area contributed by atoms with E-state index in [9.17, 15) is 4.79 Å². The zero-order chi connectivity index (χ0) is 9.40. The third-order valence-electron chi connectivity index (χ3n) is 1.20. The number of carbonyl (C=O) groups excluding carboxylic acids is 1. The molecule has 1 atom stereocenters. The van der Waals surface area contributed by atoms with E-state index >= 15 is 0 Å². The summed E-state index contributed by atoms with van der Waals surface area (Å²) in [6.45, 7) is 5.12. The molecule has 0 saturated heterocycles. The highest BCUT2D eigenvalue weighted by Crippen LogP contribution is 1.80. The second-order valence-corrected chi connectivity index (χ2v) is 2.83. The fourth-order valence-electron chi connectivity index (χ4n) is 0.635. The summed E-state index contributed by atoms with van der Waals surface area (Å²) in [5.41, 5.74) is 5.44. The second-order valence-electron chi connectivity index (χ2n) is 2.83. The summed E-state index contributed by atoms with van der Waals surface area (Å²) in [4.78, 5) is 10.9.